The highest BCUT2D eigenvalue weighted by molar-refractivity contribution is 7.81. The van der Waals surface area contributed by atoms with Crippen LogP contribution < -0.4 is 14.4 Å². The van der Waals surface area contributed by atoms with Crippen molar-refractivity contribution in [2.75, 3.05) is 31.2 Å². The van der Waals surface area contributed by atoms with Crippen LogP contribution in [0.3, 0.4) is 0 Å². The number of nitrogens with zero attached hydrogens (tertiary/aromatic N) is 2. The molecule has 0 fully saturated rings. The predicted molar refractivity (Wildman–Crippen MR) is 119 cm³/mol. The molecule has 0 saturated heterocycles. The Labute approximate surface area is 171 Å². The van der Waals surface area contributed by atoms with Crippen LogP contribution in [0, 0.1) is 0 Å². The summed E-state index contributed by atoms with van der Waals surface area (Å²) in [6.45, 7) is 11.2. The summed E-state index contributed by atoms with van der Waals surface area (Å²) in [7, 11) is 0. The van der Waals surface area contributed by atoms with Crippen LogP contribution in [-0.2, 0) is 0 Å². The Morgan fingerprint density at radius 1 is 1.00 bits per heavy atom. The zero-order valence-electron chi connectivity index (χ0n) is 16.9. The number of rotatable bonds is 9. The van der Waals surface area contributed by atoms with Gasteiger partial charge in [0.05, 0.1) is 29.1 Å². The number of ether oxygens (including phenoxy) is 2. The largest absolute Gasteiger partial charge is 0.490 e. The molecule has 0 spiro atoms. The Hall–Kier alpha value is -2.60. The van der Waals surface area contributed by atoms with E-state index in [1.54, 1.807) is 0 Å². The quantitative estimate of drug-likeness (QED) is 0.408. The lowest BCUT2D eigenvalue weighted by atomic mass is 10.1. The SMILES string of the molecule is CCOc1cc2nc(C(=S)c3ccccc3N(CC)CC)[nH]c2cc1OCC. The number of anilines is 1. The summed E-state index contributed by atoms with van der Waals surface area (Å²) in [5.74, 6) is 2.09. The maximum Gasteiger partial charge on any atom is 0.163 e. The number of aromatic nitrogens is 2. The van der Waals surface area contributed by atoms with E-state index in [1.165, 1.54) is 0 Å². The lowest BCUT2D eigenvalue weighted by molar-refractivity contribution is 0.288. The molecule has 0 aliphatic carbocycles. The van der Waals surface area contributed by atoms with Crippen LogP contribution in [-0.4, -0.2) is 41.1 Å². The van der Waals surface area contributed by atoms with E-state index in [0.717, 1.165) is 35.4 Å². The number of nitrogens with one attached hydrogen (secondary N) is 1. The van der Waals surface area contributed by atoms with Gasteiger partial charge < -0.3 is 19.4 Å². The molecule has 1 N–H and O–H groups in total. The second kappa shape index (κ2) is 9.06. The standard InChI is InChI=1S/C22H27N3O2S/c1-5-25(6-2)18-12-10-9-11-15(18)21(28)22-23-16-13-19(26-7-3)20(27-8-4)14-17(16)24-22/h9-14H,5-8H2,1-4H3,(H,23,24). The van der Waals surface area contributed by atoms with Crippen molar-refractivity contribution in [2.45, 2.75) is 27.7 Å². The summed E-state index contributed by atoms with van der Waals surface area (Å²) in [4.78, 5) is 11.1. The molecule has 5 nitrogen and oxygen atoms in total. The average molecular weight is 398 g/mol. The Kier molecular flexibility index (Phi) is 6.52. The number of para-hydroxylation sites is 1. The van der Waals surface area contributed by atoms with Crippen LogP contribution in [0.4, 0.5) is 5.69 Å². The number of aromatic amines is 1. The highest BCUT2D eigenvalue weighted by Gasteiger charge is 2.17. The first-order chi connectivity index (χ1) is 13.6. The van der Waals surface area contributed by atoms with E-state index in [4.69, 9.17) is 26.7 Å². The lowest BCUT2D eigenvalue weighted by Gasteiger charge is -2.24. The first-order valence-electron chi connectivity index (χ1n) is 9.80. The molecule has 3 rings (SSSR count). The van der Waals surface area contributed by atoms with Gasteiger partial charge in [0.15, 0.2) is 11.5 Å². The van der Waals surface area contributed by atoms with Gasteiger partial charge in [0.2, 0.25) is 0 Å². The van der Waals surface area contributed by atoms with Crippen LogP contribution >= 0.6 is 12.2 Å². The normalized spacial score (nSPS) is 10.9. The Morgan fingerprint density at radius 3 is 2.29 bits per heavy atom. The Bertz CT molecular complexity index is 921. The topological polar surface area (TPSA) is 50.4 Å². The number of fused-ring (bicyclic) bond motifs is 1. The van der Waals surface area contributed by atoms with E-state index in [-0.39, 0.29) is 0 Å². The molecule has 28 heavy (non-hydrogen) atoms. The van der Waals surface area contributed by atoms with Gasteiger partial charge in [-0.25, -0.2) is 4.98 Å². The van der Waals surface area contributed by atoms with Gasteiger partial charge in [-0.3, -0.25) is 0 Å². The van der Waals surface area contributed by atoms with Crippen molar-refractivity contribution in [3.05, 3.63) is 47.8 Å². The third-order valence-corrected chi connectivity index (χ3v) is 5.03. The molecule has 0 atom stereocenters. The van der Waals surface area contributed by atoms with Crippen molar-refractivity contribution < 1.29 is 9.47 Å². The summed E-state index contributed by atoms with van der Waals surface area (Å²) in [6, 6.07) is 12.1. The molecule has 6 heteroatoms. The van der Waals surface area contributed by atoms with E-state index in [9.17, 15) is 0 Å². The minimum atomic E-state index is 0.568. The van der Waals surface area contributed by atoms with Crippen LogP contribution in [0.1, 0.15) is 39.1 Å². The summed E-state index contributed by atoms with van der Waals surface area (Å²) in [5.41, 5.74) is 3.83. The Balaban J connectivity index is 2.04. The van der Waals surface area contributed by atoms with Gasteiger partial charge in [-0.15, -0.1) is 0 Å². The molecule has 0 unspecified atom stereocenters. The summed E-state index contributed by atoms with van der Waals surface area (Å²) < 4.78 is 11.4. The van der Waals surface area contributed by atoms with Gasteiger partial charge in [-0.05, 0) is 33.8 Å². The highest BCUT2D eigenvalue weighted by Crippen LogP contribution is 2.32. The van der Waals surface area contributed by atoms with Crippen LogP contribution in [0.5, 0.6) is 11.5 Å². The van der Waals surface area contributed by atoms with Gasteiger partial charge in [0, 0.05) is 36.5 Å². The van der Waals surface area contributed by atoms with E-state index in [1.807, 2.05) is 38.1 Å². The van der Waals surface area contributed by atoms with Gasteiger partial charge >= 0.3 is 0 Å². The van der Waals surface area contributed by atoms with Crippen molar-refractivity contribution in [2.24, 2.45) is 0 Å². The molecule has 1 heterocycles. The number of imidazole rings is 1. The average Bonchev–Trinajstić information content (AvgIpc) is 3.12. The minimum absolute atomic E-state index is 0.568. The molecule has 0 aliphatic rings. The third-order valence-electron chi connectivity index (χ3n) is 4.61. The molecule has 0 saturated carbocycles. The zero-order chi connectivity index (χ0) is 20.1. The number of hydrogen-bond donors (Lipinski definition) is 1. The van der Waals surface area contributed by atoms with Crippen molar-refractivity contribution in [3.63, 3.8) is 0 Å². The first-order valence-corrected chi connectivity index (χ1v) is 10.2. The van der Waals surface area contributed by atoms with Gasteiger partial charge in [-0.2, -0.15) is 0 Å². The number of H-pyrrole nitrogens is 1. The first kappa shape index (κ1) is 20.1. The zero-order valence-corrected chi connectivity index (χ0v) is 17.7. The lowest BCUT2D eigenvalue weighted by Crippen LogP contribution is -2.24. The van der Waals surface area contributed by atoms with E-state index < -0.39 is 0 Å². The summed E-state index contributed by atoms with van der Waals surface area (Å²) in [5, 5.41) is 0. The summed E-state index contributed by atoms with van der Waals surface area (Å²) >= 11 is 5.82. The van der Waals surface area contributed by atoms with E-state index in [0.29, 0.717) is 35.4 Å². The van der Waals surface area contributed by atoms with Crippen LogP contribution in [0.2, 0.25) is 0 Å². The number of hydrogen-bond acceptors (Lipinski definition) is 5. The van der Waals surface area contributed by atoms with Crippen molar-refractivity contribution in [1.29, 1.82) is 0 Å². The highest BCUT2D eigenvalue weighted by atomic mass is 32.1. The predicted octanol–water partition coefficient (Wildman–Crippen LogP) is 4.97. The monoisotopic (exact) mass is 397 g/mol. The van der Waals surface area contributed by atoms with Crippen LogP contribution in [0.15, 0.2) is 36.4 Å². The molecule has 0 aliphatic heterocycles. The molecule has 148 valence electrons. The van der Waals surface area contributed by atoms with Gasteiger partial charge in [0.25, 0.3) is 0 Å². The second-order valence-electron chi connectivity index (χ2n) is 6.29. The molecule has 2 aromatic carbocycles. The molecule has 1 aromatic heterocycles. The fourth-order valence-electron chi connectivity index (χ4n) is 3.30. The molecule has 0 bridgehead atoms. The molecule has 0 radical (unpaired) electrons. The maximum atomic E-state index is 5.82. The van der Waals surface area contributed by atoms with Crippen molar-refractivity contribution in [1.82, 2.24) is 9.97 Å². The molecular weight excluding hydrogens is 370 g/mol. The molecule has 3 aromatic rings. The number of benzene rings is 2. The minimum Gasteiger partial charge on any atom is -0.490 e. The fraction of sp³-hybridized carbons (Fsp3) is 0.364. The van der Waals surface area contributed by atoms with E-state index >= 15 is 0 Å². The maximum absolute atomic E-state index is 5.82. The van der Waals surface area contributed by atoms with Crippen molar-refractivity contribution in [3.8, 4) is 11.5 Å². The van der Waals surface area contributed by atoms with E-state index in [2.05, 4.69) is 35.9 Å². The van der Waals surface area contributed by atoms with Crippen molar-refractivity contribution >= 4 is 33.8 Å². The number of thiocarbonyl (C=S) groups is 1. The van der Waals surface area contributed by atoms with Gasteiger partial charge in [0.1, 0.15) is 5.82 Å². The molecular formula is C22H27N3O2S. The fourth-order valence-corrected chi connectivity index (χ4v) is 3.56. The smallest absolute Gasteiger partial charge is 0.163 e. The third kappa shape index (κ3) is 3.97. The summed E-state index contributed by atoms with van der Waals surface area (Å²) in [6.07, 6.45) is 0. The molecule has 0 amide bonds. The van der Waals surface area contributed by atoms with Crippen LogP contribution in [0.25, 0.3) is 11.0 Å². The van der Waals surface area contributed by atoms with Gasteiger partial charge in [-0.1, -0.05) is 30.4 Å². The Morgan fingerprint density at radius 2 is 1.64 bits per heavy atom. The second-order valence-corrected chi connectivity index (χ2v) is 6.69.